The van der Waals surface area contributed by atoms with E-state index in [1.165, 1.54) is 24.8 Å². The van der Waals surface area contributed by atoms with E-state index in [1.54, 1.807) is 0 Å². The number of nitrogens with one attached hydrogen (secondary N) is 1. The van der Waals surface area contributed by atoms with E-state index in [9.17, 15) is 0 Å². The number of halogens is 1. The van der Waals surface area contributed by atoms with Crippen LogP contribution in [0.1, 0.15) is 38.2 Å². The Bertz CT molecular complexity index is 461. The molecule has 1 fully saturated rings. The highest BCUT2D eigenvalue weighted by atomic mass is 127. The molecule has 23 heavy (non-hydrogen) atoms. The monoisotopic (exact) mass is 431 g/mol. The minimum atomic E-state index is 0. The van der Waals surface area contributed by atoms with Gasteiger partial charge in [0, 0.05) is 26.3 Å². The van der Waals surface area contributed by atoms with Gasteiger partial charge in [0.2, 0.25) is 0 Å². The van der Waals surface area contributed by atoms with Crippen LogP contribution < -0.4 is 11.1 Å². The summed E-state index contributed by atoms with van der Waals surface area (Å²) in [6.07, 6.45) is 5.88. The molecule has 1 aliphatic carbocycles. The van der Waals surface area contributed by atoms with Crippen molar-refractivity contribution in [3.05, 3.63) is 35.9 Å². The van der Waals surface area contributed by atoms with Crippen molar-refractivity contribution in [1.29, 1.82) is 0 Å². The van der Waals surface area contributed by atoms with E-state index in [0.29, 0.717) is 11.4 Å². The first kappa shape index (κ1) is 20.2. The standard InChI is InChI=1S/C18H29N3O.HI/c1-2-22-13-7-12-20-17(19)21-15-18(10-6-11-18)14-16-8-4-3-5-9-16;/h3-5,8-9H,2,6-7,10-15H2,1H3,(H3,19,20,21);1H. The third kappa shape index (κ3) is 7.08. The maximum atomic E-state index is 5.97. The number of nitrogens with zero attached hydrogens (tertiary/aromatic N) is 1. The van der Waals surface area contributed by atoms with Crippen molar-refractivity contribution >= 4 is 29.9 Å². The lowest BCUT2D eigenvalue weighted by Crippen LogP contribution is -2.38. The van der Waals surface area contributed by atoms with Crippen LogP contribution >= 0.6 is 24.0 Å². The van der Waals surface area contributed by atoms with Crippen molar-refractivity contribution in [3.63, 3.8) is 0 Å². The SMILES string of the molecule is CCOCCCNC(N)=NCC1(Cc2ccccc2)CCC1.I. The fourth-order valence-corrected chi connectivity index (χ4v) is 2.94. The Balaban J connectivity index is 0.00000264. The summed E-state index contributed by atoms with van der Waals surface area (Å²) in [5.41, 5.74) is 7.69. The van der Waals surface area contributed by atoms with Gasteiger partial charge in [-0.05, 0) is 43.6 Å². The first-order chi connectivity index (χ1) is 10.7. The number of aliphatic imine (C=N–C) groups is 1. The van der Waals surface area contributed by atoms with E-state index in [2.05, 4.69) is 40.6 Å². The van der Waals surface area contributed by atoms with Crippen LogP contribution in [0.4, 0.5) is 0 Å². The second-order valence-corrected chi connectivity index (χ2v) is 6.19. The molecule has 0 heterocycles. The van der Waals surface area contributed by atoms with Gasteiger partial charge >= 0.3 is 0 Å². The first-order valence-corrected chi connectivity index (χ1v) is 8.39. The van der Waals surface area contributed by atoms with E-state index in [0.717, 1.165) is 39.1 Å². The fourth-order valence-electron chi connectivity index (χ4n) is 2.94. The van der Waals surface area contributed by atoms with Crippen molar-refractivity contribution in [2.45, 2.75) is 39.0 Å². The quantitative estimate of drug-likeness (QED) is 0.273. The van der Waals surface area contributed by atoms with Crippen molar-refractivity contribution in [2.75, 3.05) is 26.3 Å². The van der Waals surface area contributed by atoms with E-state index in [1.807, 2.05) is 6.92 Å². The lowest BCUT2D eigenvalue weighted by atomic mass is 9.65. The Kier molecular flexibility index (Phi) is 9.55. The van der Waals surface area contributed by atoms with Crippen LogP contribution in [-0.2, 0) is 11.2 Å². The van der Waals surface area contributed by atoms with E-state index in [4.69, 9.17) is 10.5 Å². The molecule has 0 spiro atoms. The Morgan fingerprint density at radius 3 is 2.65 bits per heavy atom. The molecule has 0 bridgehead atoms. The Hall–Kier alpha value is -0.820. The fraction of sp³-hybridized carbons (Fsp3) is 0.611. The molecule has 4 nitrogen and oxygen atoms in total. The number of hydrogen-bond acceptors (Lipinski definition) is 2. The lowest BCUT2D eigenvalue weighted by Gasteiger charge is -2.41. The van der Waals surface area contributed by atoms with Gasteiger partial charge in [-0.3, -0.25) is 4.99 Å². The molecular weight excluding hydrogens is 401 g/mol. The van der Waals surface area contributed by atoms with Gasteiger partial charge in [-0.1, -0.05) is 36.8 Å². The minimum absolute atomic E-state index is 0. The summed E-state index contributed by atoms with van der Waals surface area (Å²) in [6, 6.07) is 10.7. The maximum Gasteiger partial charge on any atom is 0.188 e. The van der Waals surface area contributed by atoms with Crippen LogP contribution in [0.5, 0.6) is 0 Å². The molecule has 0 amide bonds. The molecular formula is C18H30IN3O. The Labute approximate surface area is 157 Å². The molecule has 0 radical (unpaired) electrons. The summed E-state index contributed by atoms with van der Waals surface area (Å²) in [6.45, 7) is 5.20. The summed E-state index contributed by atoms with van der Waals surface area (Å²) in [4.78, 5) is 4.57. The smallest absolute Gasteiger partial charge is 0.188 e. The van der Waals surface area contributed by atoms with Gasteiger partial charge in [-0.2, -0.15) is 0 Å². The molecule has 1 saturated carbocycles. The first-order valence-electron chi connectivity index (χ1n) is 8.39. The summed E-state index contributed by atoms with van der Waals surface area (Å²) in [7, 11) is 0. The van der Waals surface area contributed by atoms with Crippen LogP contribution in [0.25, 0.3) is 0 Å². The summed E-state index contributed by atoms with van der Waals surface area (Å²) in [5.74, 6) is 0.566. The lowest BCUT2D eigenvalue weighted by molar-refractivity contribution is 0.144. The second kappa shape index (κ2) is 10.9. The molecule has 0 saturated heterocycles. The molecule has 0 unspecified atom stereocenters. The molecule has 1 aromatic carbocycles. The number of hydrogen-bond donors (Lipinski definition) is 2. The van der Waals surface area contributed by atoms with Gasteiger partial charge < -0.3 is 15.8 Å². The van der Waals surface area contributed by atoms with Crippen molar-refractivity contribution in [3.8, 4) is 0 Å². The summed E-state index contributed by atoms with van der Waals surface area (Å²) < 4.78 is 5.30. The van der Waals surface area contributed by atoms with E-state index < -0.39 is 0 Å². The molecule has 2 rings (SSSR count). The molecule has 1 aliphatic rings. The summed E-state index contributed by atoms with van der Waals surface area (Å²) in [5, 5.41) is 3.17. The van der Waals surface area contributed by atoms with Crippen molar-refractivity contribution in [2.24, 2.45) is 16.1 Å². The molecule has 130 valence electrons. The normalized spacial score (nSPS) is 16.3. The van der Waals surface area contributed by atoms with Gasteiger partial charge in [0.1, 0.15) is 0 Å². The maximum absolute atomic E-state index is 5.97. The van der Waals surface area contributed by atoms with E-state index >= 15 is 0 Å². The topological polar surface area (TPSA) is 59.6 Å². The minimum Gasteiger partial charge on any atom is -0.382 e. The average molecular weight is 431 g/mol. The number of rotatable bonds is 9. The number of benzene rings is 1. The molecule has 0 aliphatic heterocycles. The zero-order valence-electron chi connectivity index (χ0n) is 14.1. The Morgan fingerprint density at radius 1 is 1.30 bits per heavy atom. The van der Waals surface area contributed by atoms with Crippen LogP contribution in [0.2, 0.25) is 0 Å². The van der Waals surface area contributed by atoms with Crippen LogP contribution in [0.15, 0.2) is 35.3 Å². The highest BCUT2D eigenvalue weighted by Gasteiger charge is 2.36. The molecule has 3 N–H and O–H groups in total. The van der Waals surface area contributed by atoms with Crippen molar-refractivity contribution < 1.29 is 4.74 Å². The second-order valence-electron chi connectivity index (χ2n) is 6.19. The highest BCUT2D eigenvalue weighted by molar-refractivity contribution is 14.0. The van der Waals surface area contributed by atoms with Crippen LogP contribution in [-0.4, -0.2) is 32.3 Å². The average Bonchev–Trinajstić information content (AvgIpc) is 2.50. The van der Waals surface area contributed by atoms with E-state index in [-0.39, 0.29) is 24.0 Å². The van der Waals surface area contributed by atoms with Crippen LogP contribution in [0.3, 0.4) is 0 Å². The van der Waals surface area contributed by atoms with Crippen LogP contribution in [0, 0.1) is 5.41 Å². The zero-order chi connectivity index (χ0) is 15.7. The predicted molar refractivity (Wildman–Crippen MR) is 107 cm³/mol. The molecule has 5 heteroatoms. The predicted octanol–water partition coefficient (Wildman–Crippen LogP) is 3.35. The van der Waals surface area contributed by atoms with Gasteiger partial charge in [0.25, 0.3) is 0 Å². The van der Waals surface area contributed by atoms with Gasteiger partial charge in [-0.25, -0.2) is 0 Å². The third-order valence-electron chi connectivity index (χ3n) is 4.40. The third-order valence-corrected chi connectivity index (χ3v) is 4.40. The zero-order valence-corrected chi connectivity index (χ0v) is 16.4. The van der Waals surface area contributed by atoms with Gasteiger partial charge in [0.05, 0.1) is 0 Å². The molecule has 0 aromatic heterocycles. The number of nitrogens with two attached hydrogens (primary N) is 1. The number of guanidine groups is 1. The highest BCUT2D eigenvalue weighted by Crippen LogP contribution is 2.43. The van der Waals surface area contributed by atoms with Crippen molar-refractivity contribution in [1.82, 2.24) is 5.32 Å². The summed E-state index contributed by atoms with van der Waals surface area (Å²) >= 11 is 0. The molecule has 0 atom stereocenters. The van der Waals surface area contributed by atoms with Gasteiger partial charge in [-0.15, -0.1) is 24.0 Å². The molecule has 1 aromatic rings. The van der Waals surface area contributed by atoms with Gasteiger partial charge in [0.15, 0.2) is 5.96 Å². The Morgan fingerprint density at radius 2 is 2.04 bits per heavy atom. The number of ether oxygens (including phenoxy) is 1. The largest absolute Gasteiger partial charge is 0.382 e.